The summed E-state index contributed by atoms with van der Waals surface area (Å²) >= 11 is 0. The number of nitrogens with zero attached hydrogens (tertiary/aromatic N) is 4. The summed E-state index contributed by atoms with van der Waals surface area (Å²) in [5.41, 5.74) is 18.5. The van der Waals surface area contributed by atoms with Crippen LogP contribution in [0.5, 0.6) is 0 Å². The molecule has 79 heavy (non-hydrogen) atoms. The standard InChI is InChI=1S/C18H25N3O2.C13H9N3O2.C13H17N3.C10H18O5.C6H15N/c1-18(2,3)23-17(22)21-9-5-4-6-16(21)15-11-12-10-13(19)7-8-14(12)20-15;17-16(18)10-4-5-11-9(7-10)8-13(15-11)12-3-1-2-6-14-12;14-10-4-5-11-9(7-10)8-13(16-11)12-3-1-2-6-15-12;1-9(2,3)14-7(11)13-8(12)15-10(4,5)6;1-4-7(5-2)6-3/h7-8,10-11,16,20H,4-6,9,19H2,1-3H3;1-8,15H;4-5,7-8,12,15-16H,1-3,6,14H2;1-6H3;4-6H2,1-3H3. The molecule has 0 radical (unpaired) electrons. The summed E-state index contributed by atoms with van der Waals surface area (Å²) in [6, 6.07) is 28.9. The van der Waals surface area contributed by atoms with Crippen molar-refractivity contribution in [2.45, 2.75) is 150 Å². The van der Waals surface area contributed by atoms with Crippen LogP contribution in [-0.4, -0.2) is 103 Å². The maximum Gasteiger partial charge on any atom is 0.519 e. The van der Waals surface area contributed by atoms with E-state index in [1.165, 1.54) is 61.6 Å². The van der Waals surface area contributed by atoms with Crippen molar-refractivity contribution in [1.29, 1.82) is 0 Å². The van der Waals surface area contributed by atoms with E-state index in [0.29, 0.717) is 6.04 Å². The van der Waals surface area contributed by atoms with Crippen molar-refractivity contribution in [2.24, 2.45) is 0 Å². The SMILES string of the molecule is CC(C)(C)OC(=O)N1CCCCC1c1cc2cc(N)ccc2[nH]1.CC(C)(C)OC(=O)OC(=O)OC(C)(C)C.CCN(CC)CC.Nc1ccc2[nH]c(C3CCCCN3)cc2c1.O=[N+]([O-])c1ccc2[nH]c(-c3ccccn3)cc2c1. The Morgan fingerprint density at radius 2 is 1.19 bits per heavy atom. The highest BCUT2D eigenvalue weighted by atomic mass is 16.8. The Labute approximate surface area is 464 Å². The molecule has 7 aromatic rings. The van der Waals surface area contributed by atoms with Crippen LogP contribution in [0.1, 0.15) is 145 Å². The first-order valence-electron chi connectivity index (χ1n) is 27.3. The Balaban J connectivity index is 0.000000188. The van der Waals surface area contributed by atoms with Gasteiger partial charge in [0.1, 0.15) is 16.8 Å². The number of pyridine rings is 1. The lowest BCUT2D eigenvalue weighted by Gasteiger charge is -2.36. The molecule has 1 amide bonds. The number of H-pyrrole nitrogens is 3. The predicted molar refractivity (Wildman–Crippen MR) is 315 cm³/mol. The number of ether oxygens (including phenoxy) is 4. The number of aromatic amines is 3. The zero-order chi connectivity index (χ0) is 58.1. The molecule has 19 heteroatoms. The van der Waals surface area contributed by atoms with E-state index in [1.54, 1.807) is 59.9 Å². The fourth-order valence-electron chi connectivity index (χ4n) is 8.80. The van der Waals surface area contributed by atoms with Gasteiger partial charge in [-0.3, -0.25) is 20.0 Å². The number of carbonyl (C=O) groups excluding carboxylic acids is 3. The van der Waals surface area contributed by atoms with Gasteiger partial charge in [-0.2, -0.15) is 0 Å². The molecule has 2 saturated heterocycles. The molecule has 0 spiro atoms. The van der Waals surface area contributed by atoms with Crippen LogP contribution < -0.4 is 16.8 Å². The van der Waals surface area contributed by atoms with Gasteiger partial charge in [0.25, 0.3) is 5.69 Å². The van der Waals surface area contributed by atoms with E-state index >= 15 is 0 Å². The van der Waals surface area contributed by atoms with Crippen molar-refractivity contribution < 1.29 is 38.3 Å². The zero-order valence-corrected chi connectivity index (χ0v) is 48.3. The van der Waals surface area contributed by atoms with Crippen LogP contribution in [0, 0.1) is 10.1 Å². The van der Waals surface area contributed by atoms with E-state index in [4.69, 9.17) is 25.7 Å². The number of hydrogen-bond donors (Lipinski definition) is 6. The first kappa shape index (κ1) is 62.2. The summed E-state index contributed by atoms with van der Waals surface area (Å²) in [7, 11) is 0. The largest absolute Gasteiger partial charge is 0.519 e. The van der Waals surface area contributed by atoms with Crippen LogP contribution in [0.15, 0.2) is 97.2 Å². The number of nitro groups is 1. The molecule has 19 nitrogen and oxygen atoms in total. The van der Waals surface area contributed by atoms with E-state index in [2.05, 4.69) is 73.9 Å². The number of fused-ring (bicyclic) bond motifs is 3. The lowest BCUT2D eigenvalue weighted by Crippen LogP contribution is -2.42. The van der Waals surface area contributed by atoms with Crippen LogP contribution in [-0.2, 0) is 18.9 Å². The van der Waals surface area contributed by atoms with Gasteiger partial charge in [0, 0.05) is 86.4 Å². The molecule has 2 aliphatic rings. The highest BCUT2D eigenvalue weighted by Crippen LogP contribution is 2.34. The van der Waals surface area contributed by atoms with Gasteiger partial charge in [0.05, 0.1) is 22.4 Å². The van der Waals surface area contributed by atoms with E-state index in [9.17, 15) is 24.5 Å². The number of benzene rings is 3. The van der Waals surface area contributed by atoms with Gasteiger partial charge in [-0.15, -0.1) is 0 Å². The van der Waals surface area contributed by atoms with E-state index < -0.39 is 34.0 Å². The fraction of sp³-hybridized carbons (Fsp3) is 0.467. The normalized spacial score (nSPS) is 15.5. The molecule has 2 atom stereocenters. The number of carbonyl (C=O) groups is 3. The van der Waals surface area contributed by atoms with Gasteiger partial charge in [-0.1, -0.05) is 33.3 Å². The molecular weight excluding hydrogens is 1000 g/mol. The van der Waals surface area contributed by atoms with Crippen LogP contribution >= 0.6 is 0 Å². The van der Waals surface area contributed by atoms with Crippen molar-refractivity contribution in [1.82, 2.24) is 35.1 Å². The van der Waals surface area contributed by atoms with Gasteiger partial charge in [0.2, 0.25) is 0 Å². The van der Waals surface area contributed by atoms with Crippen LogP contribution in [0.2, 0.25) is 0 Å². The third-order valence-electron chi connectivity index (χ3n) is 12.6. The summed E-state index contributed by atoms with van der Waals surface area (Å²) in [6.07, 6.45) is 6.27. The minimum Gasteiger partial charge on any atom is -0.444 e. The highest BCUT2D eigenvalue weighted by molar-refractivity contribution is 5.87. The molecule has 9 rings (SSSR count). The summed E-state index contributed by atoms with van der Waals surface area (Å²) in [4.78, 5) is 63.4. The number of nitro benzene ring substituents is 1. The maximum absolute atomic E-state index is 12.5. The van der Waals surface area contributed by atoms with Crippen LogP contribution in [0.3, 0.4) is 0 Å². The highest BCUT2D eigenvalue weighted by Gasteiger charge is 2.32. The van der Waals surface area contributed by atoms with Gasteiger partial charge < -0.3 is 55.6 Å². The molecule has 6 heterocycles. The summed E-state index contributed by atoms with van der Waals surface area (Å²) in [6.45, 7) is 27.7. The minimum atomic E-state index is -1.06. The summed E-state index contributed by atoms with van der Waals surface area (Å²) < 4.78 is 19.4. The Bertz CT molecular complexity index is 3030. The molecule has 3 aromatic carbocycles. The number of non-ortho nitro benzene ring substituents is 1. The average Bonchev–Trinajstić information content (AvgIpc) is 4.32. The first-order valence-corrected chi connectivity index (χ1v) is 27.3. The zero-order valence-electron chi connectivity index (χ0n) is 48.3. The average molecular weight is 1090 g/mol. The summed E-state index contributed by atoms with van der Waals surface area (Å²) in [5.74, 6) is 0. The Morgan fingerprint density at radius 1 is 0.658 bits per heavy atom. The second kappa shape index (κ2) is 28.3. The summed E-state index contributed by atoms with van der Waals surface area (Å²) in [5, 5.41) is 17.4. The number of nitrogens with two attached hydrogens (primary N) is 2. The van der Waals surface area contributed by atoms with Gasteiger partial charge in [-0.05, 0) is 193 Å². The quantitative estimate of drug-likeness (QED) is 0.0217. The molecule has 2 fully saturated rings. The molecule has 0 aliphatic carbocycles. The molecule has 2 unspecified atom stereocenters. The van der Waals surface area contributed by atoms with Crippen LogP contribution in [0.4, 0.5) is 31.4 Å². The van der Waals surface area contributed by atoms with Crippen molar-refractivity contribution in [2.75, 3.05) is 44.2 Å². The van der Waals surface area contributed by atoms with Gasteiger partial charge in [-0.25, -0.2) is 14.4 Å². The molecular formula is C60H84N10O9. The number of aromatic nitrogens is 4. The Morgan fingerprint density at radius 3 is 1.70 bits per heavy atom. The third-order valence-corrected chi connectivity index (χ3v) is 12.6. The van der Waals surface area contributed by atoms with E-state index in [0.717, 1.165) is 82.6 Å². The number of nitrogens with one attached hydrogen (secondary N) is 4. The molecule has 0 bridgehead atoms. The van der Waals surface area contributed by atoms with E-state index in [1.807, 2.05) is 80.3 Å². The fourth-order valence-corrected chi connectivity index (χ4v) is 8.80. The molecule has 2 aliphatic heterocycles. The van der Waals surface area contributed by atoms with Crippen LogP contribution in [0.25, 0.3) is 44.1 Å². The first-order chi connectivity index (χ1) is 37.2. The van der Waals surface area contributed by atoms with Gasteiger partial charge in [0.15, 0.2) is 0 Å². The third kappa shape index (κ3) is 20.3. The maximum atomic E-state index is 12.5. The second-order valence-corrected chi connectivity index (χ2v) is 22.4. The number of likely N-dealkylation sites (tertiary alicyclic amines) is 1. The number of nitrogen functional groups attached to an aromatic ring is 2. The minimum absolute atomic E-state index is 0.0345. The number of amides is 1. The second-order valence-electron chi connectivity index (χ2n) is 22.4. The monoisotopic (exact) mass is 1090 g/mol. The number of hydrogen-bond acceptors (Lipinski definition) is 14. The lowest BCUT2D eigenvalue weighted by molar-refractivity contribution is -0.384. The number of rotatable bonds is 7. The van der Waals surface area contributed by atoms with Crippen molar-refractivity contribution >= 4 is 68.2 Å². The van der Waals surface area contributed by atoms with Gasteiger partial charge >= 0.3 is 18.4 Å². The van der Waals surface area contributed by atoms with Crippen molar-refractivity contribution in [3.05, 3.63) is 119 Å². The smallest absolute Gasteiger partial charge is 0.444 e. The van der Waals surface area contributed by atoms with Crippen molar-refractivity contribution in [3.8, 4) is 11.4 Å². The number of anilines is 2. The molecule has 4 aromatic heterocycles. The molecule has 428 valence electrons. The Hall–Kier alpha value is -7.64. The van der Waals surface area contributed by atoms with Crippen molar-refractivity contribution in [3.63, 3.8) is 0 Å². The molecule has 8 N–H and O–H groups in total. The predicted octanol–water partition coefficient (Wildman–Crippen LogP) is 14.1. The lowest BCUT2D eigenvalue weighted by atomic mass is 10.00. The number of piperidine rings is 2. The van der Waals surface area contributed by atoms with E-state index in [-0.39, 0.29) is 17.8 Å². The molecule has 0 saturated carbocycles. The topological polar surface area (TPSA) is 262 Å². The Kier molecular flexibility index (Phi) is 22.3.